The van der Waals surface area contributed by atoms with E-state index in [-0.39, 0.29) is 0 Å². The van der Waals surface area contributed by atoms with E-state index in [1.165, 1.54) is 0 Å². The van der Waals surface area contributed by atoms with Crippen molar-refractivity contribution in [2.45, 2.75) is 39.8 Å². The number of hydrogen-bond donors (Lipinski definition) is 3. The number of alkyl carbamates (subject to hydrolysis) is 1. The van der Waals surface area contributed by atoms with Crippen molar-refractivity contribution in [2.75, 3.05) is 19.6 Å². The first-order chi connectivity index (χ1) is 11.3. The molecule has 0 aliphatic heterocycles. The number of hydrogen-bond acceptors (Lipinski definition) is 3. The average Bonchev–Trinajstić information content (AvgIpc) is 2.47. The molecule has 1 aromatic rings. The molecule has 0 heterocycles. The molecule has 0 aromatic heterocycles. The molecule has 0 saturated heterocycles. The fourth-order valence-corrected chi connectivity index (χ4v) is 2.25. The van der Waals surface area contributed by atoms with E-state index in [4.69, 9.17) is 4.74 Å². The summed E-state index contributed by atoms with van der Waals surface area (Å²) in [7, 11) is 0. The summed E-state index contributed by atoms with van der Waals surface area (Å²) in [6.45, 7) is 9.88. The lowest BCUT2D eigenvalue weighted by Gasteiger charge is -2.19. The SMILES string of the molecule is CCNC(=NCc1cccc(Br)c1)NCCNC(=O)OC(C)(C)C. The molecule has 0 unspecified atom stereocenters. The summed E-state index contributed by atoms with van der Waals surface area (Å²) in [6.07, 6.45) is -0.416. The Balaban J connectivity index is 2.40. The maximum atomic E-state index is 11.6. The van der Waals surface area contributed by atoms with Crippen LogP contribution in [0.5, 0.6) is 0 Å². The van der Waals surface area contributed by atoms with Crippen molar-refractivity contribution in [1.29, 1.82) is 0 Å². The van der Waals surface area contributed by atoms with Crippen LogP contribution in [0.25, 0.3) is 0 Å². The van der Waals surface area contributed by atoms with Crippen LogP contribution in [0.1, 0.15) is 33.3 Å². The molecule has 3 N–H and O–H groups in total. The summed E-state index contributed by atoms with van der Waals surface area (Å²) in [5, 5.41) is 9.06. The Morgan fingerprint density at radius 3 is 2.54 bits per heavy atom. The molecule has 0 radical (unpaired) electrons. The predicted molar refractivity (Wildman–Crippen MR) is 101 cm³/mol. The van der Waals surface area contributed by atoms with E-state index < -0.39 is 11.7 Å². The topological polar surface area (TPSA) is 74.8 Å². The Kier molecular flexibility index (Phi) is 8.60. The molecule has 1 aromatic carbocycles. The number of nitrogens with one attached hydrogen (secondary N) is 3. The van der Waals surface area contributed by atoms with Crippen LogP contribution in [0.15, 0.2) is 33.7 Å². The van der Waals surface area contributed by atoms with Crippen LogP contribution in [0.4, 0.5) is 4.79 Å². The van der Waals surface area contributed by atoms with Crippen molar-refractivity contribution in [2.24, 2.45) is 4.99 Å². The van der Waals surface area contributed by atoms with Gasteiger partial charge in [0.25, 0.3) is 0 Å². The number of nitrogens with zero attached hydrogens (tertiary/aromatic N) is 1. The summed E-state index contributed by atoms with van der Waals surface area (Å²) >= 11 is 3.45. The number of benzene rings is 1. The van der Waals surface area contributed by atoms with E-state index in [1.807, 2.05) is 52.0 Å². The molecule has 0 spiro atoms. The van der Waals surface area contributed by atoms with Gasteiger partial charge in [0.1, 0.15) is 5.60 Å². The Labute approximate surface area is 152 Å². The molecular formula is C17H27BrN4O2. The molecule has 0 saturated carbocycles. The van der Waals surface area contributed by atoms with E-state index in [1.54, 1.807) is 0 Å². The second kappa shape index (κ2) is 10.2. The lowest BCUT2D eigenvalue weighted by molar-refractivity contribution is 0.0529. The third-order valence-electron chi connectivity index (χ3n) is 2.74. The largest absolute Gasteiger partial charge is 0.444 e. The highest BCUT2D eigenvalue weighted by molar-refractivity contribution is 9.10. The second-order valence-corrected chi connectivity index (χ2v) is 7.10. The van der Waals surface area contributed by atoms with Gasteiger partial charge in [-0.15, -0.1) is 0 Å². The Bertz CT molecular complexity index is 556. The summed E-state index contributed by atoms with van der Waals surface area (Å²) in [4.78, 5) is 16.1. The quantitative estimate of drug-likeness (QED) is 0.391. The number of halogens is 1. The van der Waals surface area contributed by atoms with Crippen molar-refractivity contribution in [3.8, 4) is 0 Å². The van der Waals surface area contributed by atoms with E-state index >= 15 is 0 Å². The second-order valence-electron chi connectivity index (χ2n) is 6.18. The first kappa shape index (κ1) is 20.3. The van der Waals surface area contributed by atoms with E-state index in [0.717, 1.165) is 16.6 Å². The number of carbonyl (C=O) groups excluding carboxylic acids is 1. The zero-order valence-electron chi connectivity index (χ0n) is 14.8. The molecule has 0 fully saturated rings. The van der Waals surface area contributed by atoms with E-state index in [0.29, 0.717) is 25.6 Å². The van der Waals surface area contributed by atoms with Gasteiger partial charge in [-0.05, 0) is 45.4 Å². The number of carbonyl (C=O) groups is 1. The maximum absolute atomic E-state index is 11.6. The monoisotopic (exact) mass is 398 g/mol. The first-order valence-corrected chi connectivity index (χ1v) is 8.83. The molecule has 0 bridgehead atoms. The highest BCUT2D eigenvalue weighted by atomic mass is 79.9. The fraction of sp³-hybridized carbons (Fsp3) is 0.529. The minimum absolute atomic E-state index is 0.416. The molecule has 1 amide bonds. The summed E-state index contributed by atoms with van der Waals surface area (Å²) in [5.41, 5.74) is 0.631. The fourth-order valence-electron chi connectivity index (χ4n) is 1.81. The van der Waals surface area contributed by atoms with E-state index in [9.17, 15) is 4.79 Å². The summed E-state index contributed by atoms with van der Waals surface area (Å²) < 4.78 is 6.22. The number of rotatable bonds is 6. The van der Waals surface area contributed by atoms with Crippen LogP contribution in [-0.4, -0.2) is 37.3 Å². The van der Waals surface area contributed by atoms with E-state index in [2.05, 4.69) is 36.9 Å². The third-order valence-corrected chi connectivity index (χ3v) is 3.23. The molecule has 1 rings (SSSR count). The number of amides is 1. The lowest BCUT2D eigenvalue weighted by Crippen LogP contribution is -2.42. The van der Waals surface area contributed by atoms with Gasteiger partial charge in [0, 0.05) is 24.1 Å². The van der Waals surface area contributed by atoms with Crippen molar-refractivity contribution in [3.05, 3.63) is 34.3 Å². The van der Waals surface area contributed by atoms with Crippen LogP contribution in [-0.2, 0) is 11.3 Å². The number of ether oxygens (including phenoxy) is 1. The van der Waals surface area contributed by atoms with Crippen LogP contribution in [0, 0.1) is 0 Å². The average molecular weight is 399 g/mol. The predicted octanol–water partition coefficient (Wildman–Crippen LogP) is 3.03. The van der Waals surface area contributed by atoms with Gasteiger partial charge in [0.05, 0.1) is 6.54 Å². The van der Waals surface area contributed by atoms with Gasteiger partial charge in [-0.25, -0.2) is 9.79 Å². The Hall–Kier alpha value is -1.76. The summed E-state index contributed by atoms with van der Waals surface area (Å²) in [5.74, 6) is 0.712. The van der Waals surface area contributed by atoms with Gasteiger partial charge in [0.2, 0.25) is 0 Å². The van der Waals surface area contributed by atoms with Gasteiger partial charge in [-0.1, -0.05) is 28.1 Å². The standard InChI is InChI=1S/C17H27BrN4O2/c1-5-19-15(22-12-13-7-6-8-14(18)11-13)20-9-10-21-16(23)24-17(2,3)4/h6-8,11H,5,9-10,12H2,1-4H3,(H,21,23)(H2,19,20,22). The van der Waals surface area contributed by atoms with Gasteiger partial charge >= 0.3 is 6.09 Å². The van der Waals surface area contributed by atoms with Crippen LogP contribution < -0.4 is 16.0 Å². The lowest BCUT2D eigenvalue weighted by atomic mass is 10.2. The van der Waals surface area contributed by atoms with Crippen molar-refractivity contribution in [1.82, 2.24) is 16.0 Å². The first-order valence-electron chi connectivity index (χ1n) is 8.03. The van der Waals surface area contributed by atoms with Crippen LogP contribution in [0.2, 0.25) is 0 Å². The number of guanidine groups is 1. The van der Waals surface area contributed by atoms with Gasteiger partial charge in [-0.2, -0.15) is 0 Å². The van der Waals surface area contributed by atoms with Crippen molar-refractivity contribution < 1.29 is 9.53 Å². The van der Waals surface area contributed by atoms with Crippen molar-refractivity contribution in [3.63, 3.8) is 0 Å². The molecule has 7 heteroatoms. The molecule has 0 atom stereocenters. The van der Waals surface area contributed by atoms with Crippen molar-refractivity contribution >= 4 is 28.0 Å². The molecule has 24 heavy (non-hydrogen) atoms. The normalized spacial score (nSPS) is 11.8. The highest BCUT2D eigenvalue weighted by Gasteiger charge is 2.15. The Morgan fingerprint density at radius 2 is 1.92 bits per heavy atom. The molecule has 0 aliphatic carbocycles. The zero-order valence-corrected chi connectivity index (χ0v) is 16.4. The minimum Gasteiger partial charge on any atom is -0.444 e. The molecule has 0 aliphatic rings. The van der Waals surface area contributed by atoms with Gasteiger partial charge in [0.15, 0.2) is 5.96 Å². The van der Waals surface area contributed by atoms with Crippen LogP contribution >= 0.6 is 15.9 Å². The minimum atomic E-state index is -0.488. The maximum Gasteiger partial charge on any atom is 0.407 e. The van der Waals surface area contributed by atoms with Gasteiger partial charge in [-0.3, -0.25) is 0 Å². The molecular weight excluding hydrogens is 372 g/mol. The highest BCUT2D eigenvalue weighted by Crippen LogP contribution is 2.12. The molecule has 6 nitrogen and oxygen atoms in total. The zero-order chi connectivity index (χ0) is 18.0. The third kappa shape index (κ3) is 9.39. The Morgan fingerprint density at radius 1 is 1.21 bits per heavy atom. The number of aliphatic imine (C=N–C) groups is 1. The van der Waals surface area contributed by atoms with Crippen LogP contribution in [0.3, 0.4) is 0 Å². The molecule has 134 valence electrons. The van der Waals surface area contributed by atoms with Gasteiger partial charge < -0.3 is 20.7 Å². The smallest absolute Gasteiger partial charge is 0.407 e. The summed E-state index contributed by atoms with van der Waals surface area (Å²) in [6, 6.07) is 8.04.